The van der Waals surface area contributed by atoms with Gasteiger partial charge in [0.25, 0.3) is 0 Å². The van der Waals surface area contributed by atoms with Crippen molar-refractivity contribution in [3.05, 3.63) is 29.1 Å². The molecule has 1 nitrogen and oxygen atoms in total. The van der Waals surface area contributed by atoms with Gasteiger partial charge in [0.05, 0.1) is 0 Å². The minimum absolute atomic E-state index is 0.568. The van der Waals surface area contributed by atoms with Crippen LogP contribution in [0, 0.1) is 5.92 Å². The van der Waals surface area contributed by atoms with Gasteiger partial charge in [0.2, 0.25) is 0 Å². The molecule has 0 spiro atoms. The largest absolute Gasteiger partial charge is 0.261 e. The minimum Gasteiger partial charge on any atom is -0.261 e. The predicted octanol–water partition coefficient (Wildman–Crippen LogP) is 4.53. The molecule has 16 heavy (non-hydrogen) atoms. The first-order valence-corrected chi connectivity index (χ1v) is 6.40. The van der Waals surface area contributed by atoms with Gasteiger partial charge in [-0.1, -0.05) is 47.6 Å². The van der Waals surface area contributed by atoms with Crippen molar-refractivity contribution in [1.29, 1.82) is 0 Å². The fourth-order valence-corrected chi connectivity index (χ4v) is 1.90. The molecule has 0 unspecified atom stereocenters. The van der Waals surface area contributed by atoms with E-state index in [1.807, 2.05) is 6.20 Å². The van der Waals surface area contributed by atoms with Crippen molar-refractivity contribution in [2.45, 2.75) is 59.8 Å². The summed E-state index contributed by atoms with van der Waals surface area (Å²) in [6.45, 7) is 13.5. The molecular weight excluding hydrogens is 194 g/mol. The summed E-state index contributed by atoms with van der Waals surface area (Å²) in [6.07, 6.45) is 3.14. The summed E-state index contributed by atoms with van der Waals surface area (Å²) < 4.78 is 0. The number of nitrogens with zero attached hydrogens (tertiary/aromatic N) is 1. The Morgan fingerprint density at radius 3 is 2.06 bits per heavy atom. The zero-order chi connectivity index (χ0) is 12.3. The fraction of sp³-hybridized carbons (Fsp3) is 0.667. The highest BCUT2D eigenvalue weighted by Gasteiger charge is 2.11. The Morgan fingerprint density at radius 1 is 1.00 bits per heavy atom. The molecular formula is C15H25N. The first kappa shape index (κ1) is 13.2. The van der Waals surface area contributed by atoms with Gasteiger partial charge in [0, 0.05) is 11.9 Å². The molecule has 0 aliphatic carbocycles. The quantitative estimate of drug-likeness (QED) is 0.725. The first-order chi connectivity index (χ1) is 7.41. The standard InChI is InChI=1S/C15H25N/c1-10(2)7-15-14(12(5)6)8-13(9-16-15)11(3)4/h8-12H,7H2,1-6H3. The molecule has 0 amide bonds. The van der Waals surface area contributed by atoms with Crippen molar-refractivity contribution in [2.75, 3.05) is 0 Å². The van der Waals surface area contributed by atoms with Gasteiger partial charge in [0.15, 0.2) is 0 Å². The minimum atomic E-state index is 0.568. The highest BCUT2D eigenvalue weighted by atomic mass is 14.7. The number of pyridine rings is 1. The zero-order valence-electron chi connectivity index (χ0n) is 11.5. The molecule has 0 saturated carbocycles. The van der Waals surface area contributed by atoms with Crippen LogP contribution in [0.4, 0.5) is 0 Å². The Hall–Kier alpha value is -0.850. The van der Waals surface area contributed by atoms with E-state index in [0.29, 0.717) is 17.8 Å². The normalized spacial score (nSPS) is 11.8. The lowest BCUT2D eigenvalue weighted by Crippen LogP contribution is -2.05. The van der Waals surface area contributed by atoms with Crippen molar-refractivity contribution in [3.8, 4) is 0 Å². The Labute approximate surface area is 100 Å². The summed E-state index contributed by atoms with van der Waals surface area (Å²) in [5, 5.41) is 0. The van der Waals surface area contributed by atoms with Crippen molar-refractivity contribution in [3.63, 3.8) is 0 Å². The van der Waals surface area contributed by atoms with E-state index >= 15 is 0 Å². The van der Waals surface area contributed by atoms with Crippen LogP contribution in [0.5, 0.6) is 0 Å². The highest BCUT2D eigenvalue weighted by Crippen LogP contribution is 2.24. The molecule has 0 saturated heterocycles. The van der Waals surface area contributed by atoms with Gasteiger partial charge in [0.1, 0.15) is 0 Å². The molecule has 1 heterocycles. The van der Waals surface area contributed by atoms with Crippen LogP contribution in [0.15, 0.2) is 12.3 Å². The van der Waals surface area contributed by atoms with E-state index in [9.17, 15) is 0 Å². The lowest BCUT2D eigenvalue weighted by atomic mass is 9.93. The van der Waals surface area contributed by atoms with Gasteiger partial charge in [-0.2, -0.15) is 0 Å². The van der Waals surface area contributed by atoms with Crippen LogP contribution in [-0.4, -0.2) is 4.98 Å². The molecule has 1 rings (SSSR count). The zero-order valence-corrected chi connectivity index (χ0v) is 11.5. The Morgan fingerprint density at radius 2 is 1.62 bits per heavy atom. The van der Waals surface area contributed by atoms with Gasteiger partial charge in [-0.05, 0) is 35.3 Å². The topological polar surface area (TPSA) is 12.9 Å². The molecule has 1 aromatic heterocycles. The maximum atomic E-state index is 4.66. The molecule has 0 aliphatic rings. The third-order valence-electron chi connectivity index (χ3n) is 2.92. The second-order valence-electron chi connectivity index (χ2n) is 5.71. The first-order valence-electron chi connectivity index (χ1n) is 6.40. The maximum absolute atomic E-state index is 4.66. The fourth-order valence-electron chi connectivity index (χ4n) is 1.90. The van der Waals surface area contributed by atoms with E-state index in [2.05, 4.69) is 52.6 Å². The van der Waals surface area contributed by atoms with E-state index in [1.165, 1.54) is 16.8 Å². The Kier molecular flexibility index (Phi) is 4.52. The van der Waals surface area contributed by atoms with E-state index in [4.69, 9.17) is 0 Å². The molecule has 0 fully saturated rings. The SMILES string of the molecule is CC(C)Cc1ncc(C(C)C)cc1C(C)C. The van der Waals surface area contributed by atoms with Crippen molar-refractivity contribution in [2.24, 2.45) is 5.92 Å². The number of rotatable bonds is 4. The molecule has 0 aromatic carbocycles. The summed E-state index contributed by atoms with van der Waals surface area (Å²) in [5.41, 5.74) is 4.07. The summed E-state index contributed by atoms with van der Waals surface area (Å²) in [4.78, 5) is 4.66. The summed E-state index contributed by atoms with van der Waals surface area (Å²) in [6, 6.07) is 2.35. The van der Waals surface area contributed by atoms with Crippen LogP contribution in [0.2, 0.25) is 0 Å². The van der Waals surface area contributed by atoms with Crippen LogP contribution < -0.4 is 0 Å². The lowest BCUT2D eigenvalue weighted by Gasteiger charge is -2.16. The van der Waals surface area contributed by atoms with Crippen LogP contribution in [0.25, 0.3) is 0 Å². The van der Waals surface area contributed by atoms with Gasteiger partial charge in [-0.25, -0.2) is 0 Å². The second-order valence-corrected chi connectivity index (χ2v) is 5.71. The average Bonchev–Trinajstić information content (AvgIpc) is 2.16. The van der Waals surface area contributed by atoms with E-state index in [-0.39, 0.29) is 0 Å². The van der Waals surface area contributed by atoms with Crippen LogP contribution in [0.3, 0.4) is 0 Å². The van der Waals surface area contributed by atoms with Crippen molar-refractivity contribution < 1.29 is 0 Å². The Balaban J connectivity index is 3.09. The second kappa shape index (κ2) is 5.47. The maximum Gasteiger partial charge on any atom is 0.0440 e. The third-order valence-corrected chi connectivity index (χ3v) is 2.92. The van der Waals surface area contributed by atoms with Crippen molar-refractivity contribution in [1.82, 2.24) is 4.98 Å². The monoisotopic (exact) mass is 219 g/mol. The summed E-state index contributed by atoms with van der Waals surface area (Å²) in [7, 11) is 0. The van der Waals surface area contributed by atoms with Gasteiger partial charge >= 0.3 is 0 Å². The van der Waals surface area contributed by atoms with Gasteiger partial charge in [-0.15, -0.1) is 0 Å². The smallest absolute Gasteiger partial charge is 0.0440 e. The molecule has 0 atom stereocenters. The van der Waals surface area contributed by atoms with Crippen molar-refractivity contribution >= 4 is 0 Å². The van der Waals surface area contributed by atoms with E-state index < -0.39 is 0 Å². The number of aromatic nitrogens is 1. The molecule has 90 valence electrons. The molecule has 1 heteroatoms. The predicted molar refractivity (Wildman–Crippen MR) is 71.0 cm³/mol. The summed E-state index contributed by atoms with van der Waals surface area (Å²) >= 11 is 0. The molecule has 0 radical (unpaired) electrons. The Bertz CT molecular complexity index is 337. The molecule has 0 aliphatic heterocycles. The summed E-state index contributed by atoms with van der Waals surface area (Å²) in [5.74, 6) is 1.81. The highest BCUT2D eigenvalue weighted by molar-refractivity contribution is 5.29. The van der Waals surface area contributed by atoms with Gasteiger partial charge in [-0.3, -0.25) is 4.98 Å². The van der Waals surface area contributed by atoms with Crippen LogP contribution in [-0.2, 0) is 6.42 Å². The molecule has 0 bridgehead atoms. The van der Waals surface area contributed by atoms with Gasteiger partial charge < -0.3 is 0 Å². The average molecular weight is 219 g/mol. The molecule has 0 N–H and O–H groups in total. The van der Waals surface area contributed by atoms with E-state index in [1.54, 1.807) is 0 Å². The van der Waals surface area contributed by atoms with Crippen LogP contribution >= 0.6 is 0 Å². The number of hydrogen-bond acceptors (Lipinski definition) is 1. The lowest BCUT2D eigenvalue weighted by molar-refractivity contribution is 0.623. The van der Waals surface area contributed by atoms with Crippen LogP contribution in [0.1, 0.15) is 70.2 Å². The molecule has 1 aromatic rings. The number of hydrogen-bond donors (Lipinski definition) is 0. The third kappa shape index (κ3) is 3.33. The van der Waals surface area contributed by atoms with E-state index in [0.717, 1.165) is 6.42 Å².